The molecule has 7 heteroatoms. The molecule has 2 fully saturated rings. The monoisotopic (exact) mass is 450 g/mol. The number of rotatable bonds is 8. The third-order valence-electron chi connectivity index (χ3n) is 6.36. The summed E-state index contributed by atoms with van der Waals surface area (Å²) >= 11 is 0. The van der Waals surface area contributed by atoms with Gasteiger partial charge in [0.05, 0.1) is 37.1 Å². The van der Waals surface area contributed by atoms with Crippen molar-refractivity contribution in [3.8, 4) is 6.07 Å². The first-order chi connectivity index (χ1) is 15.9. The maximum atomic E-state index is 13.3. The second kappa shape index (κ2) is 10.0. The van der Waals surface area contributed by atoms with Crippen LogP contribution in [0.5, 0.6) is 0 Å². The normalized spacial score (nSPS) is 27.0. The molecule has 1 amide bonds. The van der Waals surface area contributed by atoms with E-state index in [1.54, 1.807) is 18.2 Å². The first-order valence-corrected chi connectivity index (χ1v) is 11.4. The van der Waals surface area contributed by atoms with Gasteiger partial charge in [-0.3, -0.25) is 4.79 Å². The molecule has 1 unspecified atom stereocenters. The lowest BCUT2D eigenvalue weighted by Gasteiger charge is -2.44. The lowest BCUT2D eigenvalue weighted by Crippen LogP contribution is -2.60. The van der Waals surface area contributed by atoms with Crippen molar-refractivity contribution in [1.82, 2.24) is 5.32 Å². The molecule has 2 aliphatic rings. The van der Waals surface area contributed by atoms with E-state index in [2.05, 4.69) is 11.4 Å². The number of aliphatic hydroxyl groups excluding tert-OH is 2. The van der Waals surface area contributed by atoms with Gasteiger partial charge in [-0.1, -0.05) is 48.0 Å². The van der Waals surface area contributed by atoms with Gasteiger partial charge in [0.1, 0.15) is 6.10 Å². The molecule has 4 rings (SSSR count). The van der Waals surface area contributed by atoms with Gasteiger partial charge in [0, 0.05) is 18.9 Å². The van der Waals surface area contributed by atoms with Crippen LogP contribution in [0.2, 0.25) is 0 Å². The van der Waals surface area contributed by atoms with Crippen LogP contribution in [0.1, 0.15) is 47.9 Å². The minimum absolute atomic E-state index is 0.0207. The van der Waals surface area contributed by atoms with Crippen LogP contribution in [-0.2, 0) is 27.5 Å². The van der Waals surface area contributed by atoms with Crippen LogP contribution >= 0.6 is 0 Å². The minimum Gasteiger partial charge on any atom is -0.390 e. The highest BCUT2D eigenvalue weighted by Gasteiger charge is 2.52. The van der Waals surface area contributed by atoms with Gasteiger partial charge in [-0.05, 0) is 37.0 Å². The predicted molar refractivity (Wildman–Crippen MR) is 121 cm³/mol. The van der Waals surface area contributed by atoms with Crippen LogP contribution < -0.4 is 5.32 Å². The van der Waals surface area contributed by atoms with E-state index in [1.807, 2.05) is 37.3 Å². The predicted octanol–water partition coefficient (Wildman–Crippen LogP) is 2.50. The van der Waals surface area contributed by atoms with Gasteiger partial charge in [-0.2, -0.15) is 5.26 Å². The van der Waals surface area contributed by atoms with Crippen LogP contribution in [0.25, 0.3) is 0 Å². The molecule has 7 nitrogen and oxygen atoms in total. The van der Waals surface area contributed by atoms with E-state index in [9.17, 15) is 20.3 Å². The Kier molecular flexibility index (Phi) is 7.11. The average Bonchev–Trinajstić information content (AvgIpc) is 3.63. The van der Waals surface area contributed by atoms with Gasteiger partial charge >= 0.3 is 0 Å². The van der Waals surface area contributed by atoms with Gasteiger partial charge in [-0.15, -0.1) is 0 Å². The Bertz CT molecular complexity index is 1030. The number of hydrogen-bond donors (Lipinski definition) is 3. The number of aryl methyl sites for hydroxylation is 1. The van der Waals surface area contributed by atoms with Crippen molar-refractivity contribution in [3.63, 3.8) is 0 Å². The van der Waals surface area contributed by atoms with Crippen LogP contribution in [0, 0.1) is 18.3 Å². The standard InChI is InChI=1S/C26H30N2O5/c1-17-5-4-6-18(11-17)15-33-26(25(31)28-21-9-10-21)12-22(29)24(30)23(13-26)32-16-20-8-3-2-7-19(20)14-27/h2-8,11,21-24,29-30H,9-10,12-13,15-16H2,1H3,(H,28,31)/t22-,23?,24-,26+/m1/s1. The molecular weight excluding hydrogens is 420 g/mol. The number of carbonyl (C=O) groups is 1. The van der Waals surface area contributed by atoms with E-state index in [1.165, 1.54) is 0 Å². The Morgan fingerprint density at radius 1 is 1.15 bits per heavy atom. The van der Waals surface area contributed by atoms with E-state index < -0.39 is 23.9 Å². The number of carbonyl (C=O) groups excluding carboxylic acids is 1. The summed E-state index contributed by atoms with van der Waals surface area (Å²) in [6, 6.07) is 17.2. The SMILES string of the molecule is Cc1cccc(CO[C@]2(C(=O)NC3CC3)CC(OCc3ccccc3C#N)[C@H](O)[C@H](O)C2)c1. The third kappa shape index (κ3) is 5.60. The molecular formula is C26H30N2O5. The number of amides is 1. The van der Waals surface area contributed by atoms with E-state index in [4.69, 9.17) is 9.47 Å². The smallest absolute Gasteiger partial charge is 0.252 e. The summed E-state index contributed by atoms with van der Waals surface area (Å²) in [5.74, 6) is -0.283. The zero-order chi connectivity index (χ0) is 23.4. The summed E-state index contributed by atoms with van der Waals surface area (Å²) in [7, 11) is 0. The van der Waals surface area contributed by atoms with Crippen molar-refractivity contribution in [2.45, 2.75) is 75.8 Å². The maximum Gasteiger partial charge on any atom is 0.252 e. The largest absolute Gasteiger partial charge is 0.390 e. The van der Waals surface area contributed by atoms with Gasteiger partial charge in [0.15, 0.2) is 5.60 Å². The molecule has 4 atom stereocenters. The Balaban J connectivity index is 1.54. The Morgan fingerprint density at radius 3 is 2.67 bits per heavy atom. The molecule has 2 aromatic rings. The molecule has 2 saturated carbocycles. The van der Waals surface area contributed by atoms with Crippen LogP contribution in [0.15, 0.2) is 48.5 Å². The van der Waals surface area contributed by atoms with E-state index >= 15 is 0 Å². The van der Waals surface area contributed by atoms with Crippen molar-refractivity contribution < 1.29 is 24.5 Å². The first kappa shape index (κ1) is 23.4. The summed E-state index contributed by atoms with van der Waals surface area (Å²) in [6.07, 6.45) is -1.24. The molecule has 0 heterocycles. The molecule has 0 bridgehead atoms. The number of nitrogens with zero attached hydrogens (tertiary/aromatic N) is 1. The van der Waals surface area contributed by atoms with Gasteiger partial charge in [0.25, 0.3) is 5.91 Å². The number of ether oxygens (including phenoxy) is 2. The van der Waals surface area contributed by atoms with E-state index in [0.29, 0.717) is 11.1 Å². The highest BCUT2D eigenvalue weighted by Crippen LogP contribution is 2.36. The van der Waals surface area contributed by atoms with Crippen LogP contribution in [0.3, 0.4) is 0 Å². The lowest BCUT2D eigenvalue weighted by atomic mass is 9.78. The topological polar surface area (TPSA) is 112 Å². The number of hydrogen-bond acceptors (Lipinski definition) is 6. The third-order valence-corrected chi connectivity index (χ3v) is 6.36. The number of nitriles is 1. The second-order valence-corrected chi connectivity index (χ2v) is 9.10. The highest BCUT2D eigenvalue weighted by molar-refractivity contribution is 5.86. The first-order valence-electron chi connectivity index (χ1n) is 11.4. The molecule has 0 saturated heterocycles. The summed E-state index contributed by atoms with van der Waals surface area (Å²) in [6.45, 7) is 2.27. The summed E-state index contributed by atoms with van der Waals surface area (Å²) < 4.78 is 12.2. The average molecular weight is 451 g/mol. The molecule has 0 aliphatic heterocycles. The number of benzene rings is 2. The van der Waals surface area contributed by atoms with Crippen molar-refractivity contribution in [3.05, 3.63) is 70.8 Å². The summed E-state index contributed by atoms with van der Waals surface area (Å²) in [4.78, 5) is 13.3. The van der Waals surface area contributed by atoms with Gasteiger partial charge < -0.3 is 25.0 Å². The van der Waals surface area contributed by atoms with Crippen LogP contribution in [0.4, 0.5) is 0 Å². The minimum atomic E-state index is -1.33. The van der Waals surface area contributed by atoms with Crippen LogP contribution in [-0.4, -0.2) is 46.1 Å². The molecule has 2 aromatic carbocycles. The Hall–Kier alpha value is -2.76. The van der Waals surface area contributed by atoms with Crippen molar-refractivity contribution >= 4 is 5.91 Å². The fraction of sp³-hybridized carbons (Fsp3) is 0.462. The zero-order valence-electron chi connectivity index (χ0n) is 18.7. The molecule has 174 valence electrons. The molecule has 3 N–H and O–H groups in total. The molecule has 0 aromatic heterocycles. The zero-order valence-corrected chi connectivity index (χ0v) is 18.7. The molecule has 2 aliphatic carbocycles. The van der Waals surface area contributed by atoms with Gasteiger partial charge in [0.2, 0.25) is 0 Å². The maximum absolute atomic E-state index is 13.3. The fourth-order valence-electron chi connectivity index (χ4n) is 4.28. The lowest BCUT2D eigenvalue weighted by molar-refractivity contribution is -0.200. The Labute approximate surface area is 194 Å². The number of aliphatic hydroxyl groups is 2. The van der Waals surface area contributed by atoms with Crippen molar-refractivity contribution in [2.75, 3.05) is 0 Å². The fourth-order valence-corrected chi connectivity index (χ4v) is 4.28. The summed E-state index contributed by atoms with van der Waals surface area (Å²) in [5.41, 5.74) is 1.85. The van der Waals surface area contributed by atoms with E-state index in [0.717, 1.165) is 24.0 Å². The summed E-state index contributed by atoms with van der Waals surface area (Å²) in [5, 5.41) is 33.7. The quantitative estimate of drug-likeness (QED) is 0.570. The number of nitrogens with one attached hydrogen (secondary N) is 1. The molecule has 0 spiro atoms. The van der Waals surface area contributed by atoms with E-state index in [-0.39, 0.29) is 38.0 Å². The molecule has 0 radical (unpaired) electrons. The molecule has 33 heavy (non-hydrogen) atoms. The van der Waals surface area contributed by atoms with Crippen molar-refractivity contribution in [1.29, 1.82) is 5.26 Å². The second-order valence-electron chi connectivity index (χ2n) is 9.10. The Morgan fingerprint density at radius 2 is 1.94 bits per heavy atom. The highest BCUT2D eigenvalue weighted by atomic mass is 16.5. The van der Waals surface area contributed by atoms with Gasteiger partial charge in [-0.25, -0.2) is 0 Å². The van der Waals surface area contributed by atoms with Crippen molar-refractivity contribution in [2.24, 2.45) is 0 Å².